The molecule has 160 valence electrons. The molecule has 0 saturated carbocycles. The van der Waals surface area contributed by atoms with Crippen LogP contribution in [0.15, 0.2) is 66.7 Å². The van der Waals surface area contributed by atoms with Crippen molar-refractivity contribution in [1.82, 2.24) is 9.55 Å². The number of imidazole rings is 1. The van der Waals surface area contributed by atoms with Gasteiger partial charge in [-0.15, -0.1) is 0 Å². The average Bonchev–Trinajstić information content (AvgIpc) is 3.19. The highest BCUT2D eigenvalue weighted by atomic mass is 19.4. The number of anilines is 1. The summed E-state index contributed by atoms with van der Waals surface area (Å²) in [4.78, 5) is 16.2. The fourth-order valence-electron chi connectivity index (χ4n) is 3.27. The Morgan fingerprint density at radius 1 is 1.09 bits per heavy atom. The quantitative estimate of drug-likeness (QED) is 0.478. The maximum atomic E-state index is 13.7. The summed E-state index contributed by atoms with van der Waals surface area (Å²) in [6.45, 7) is 0. The van der Waals surface area contributed by atoms with Crippen molar-refractivity contribution >= 4 is 22.6 Å². The number of methoxy groups -OCH3 is 1. The molecule has 0 bridgehead atoms. The van der Waals surface area contributed by atoms with Crippen LogP contribution in [0.3, 0.4) is 0 Å². The molecule has 0 aliphatic carbocycles. The fourth-order valence-corrected chi connectivity index (χ4v) is 3.27. The van der Waals surface area contributed by atoms with E-state index in [4.69, 9.17) is 10.00 Å². The summed E-state index contributed by atoms with van der Waals surface area (Å²) in [6, 6.07) is 18.6. The lowest BCUT2D eigenvalue weighted by atomic mass is 10.1. The Labute approximate surface area is 180 Å². The van der Waals surface area contributed by atoms with Gasteiger partial charge in [-0.05, 0) is 54.6 Å². The van der Waals surface area contributed by atoms with Crippen LogP contribution in [0.1, 0.15) is 21.7 Å². The van der Waals surface area contributed by atoms with E-state index < -0.39 is 17.9 Å². The lowest BCUT2D eigenvalue weighted by Gasteiger charge is -2.12. The van der Waals surface area contributed by atoms with Gasteiger partial charge in [0.15, 0.2) is 0 Å². The Kier molecular flexibility index (Phi) is 5.28. The Bertz CT molecular complexity index is 1350. The Hall–Kier alpha value is -4.32. The molecule has 32 heavy (non-hydrogen) atoms. The third-order valence-electron chi connectivity index (χ3n) is 4.75. The van der Waals surface area contributed by atoms with Crippen LogP contribution in [0, 0.1) is 11.3 Å². The van der Waals surface area contributed by atoms with E-state index in [1.54, 1.807) is 24.3 Å². The fraction of sp³-hybridized carbons (Fsp3) is 0.0870. The van der Waals surface area contributed by atoms with E-state index >= 15 is 0 Å². The maximum absolute atomic E-state index is 13.7. The number of benzene rings is 3. The first-order valence-corrected chi connectivity index (χ1v) is 9.36. The van der Waals surface area contributed by atoms with Crippen molar-refractivity contribution in [3.63, 3.8) is 0 Å². The molecule has 0 saturated heterocycles. The number of carbonyl (C=O) groups excluding carboxylic acids is 1. The molecular weight excluding hydrogens is 421 g/mol. The van der Waals surface area contributed by atoms with Crippen LogP contribution in [0.2, 0.25) is 0 Å². The van der Waals surface area contributed by atoms with E-state index in [1.807, 2.05) is 6.07 Å². The lowest BCUT2D eigenvalue weighted by molar-refractivity contribution is -0.145. The number of ether oxygens (including phenoxy) is 1. The number of carbonyl (C=O) groups is 1. The smallest absolute Gasteiger partial charge is 0.450 e. The predicted octanol–water partition coefficient (Wildman–Crippen LogP) is 5.18. The van der Waals surface area contributed by atoms with Crippen molar-refractivity contribution in [2.75, 3.05) is 12.4 Å². The van der Waals surface area contributed by atoms with Gasteiger partial charge in [0.05, 0.1) is 29.8 Å². The van der Waals surface area contributed by atoms with E-state index in [1.165, 1.54) is 49.6 Å². The summed E-state index contributed by atoms with van der Waals surface area (Å²) in [5.74, 6) is -1.11. The van der Waals surface area contributed by atoms with Crippen molar-refractivity contribution in [1.29, 1.82) is 5.26 Å². The predicted molar refractivity (Wildman–Crippen MR) is 112 cm³/mol. The molecule has 0 spiro atoms. The van der Waals surface area contributed by atoms with Gasteiger partial charge in [0, 0.05) is 23.0 Å². The van der Waals surface area contributed by atoms with Gasteiger partial charge < -0.3 is 10.1 Å². The number of nitriles is 1. The van der Waals surface area contributed by atoms with Crippen molar-refractivity contribution in [2.45, 2.75) is 6.18 Å². The molecule has 0 aliphatic rings. The molecule has 3 aromatic carbocycles. The lowest BCUT2D eigenvalue weighted by Crippen LogP contribution is -2.14. The van der Waals surface area contributed by atoms with Crippen molar-refractivity contribution in [3.05, 3.63) is 83.7 Å². The van der Waals surface area contributed by atoms with E-state index in [2.05, 4.69) is 10.3 Å². The zero-order valence-electron chi connectivity index (χ0n) is 16.6. The second-order valence-corrected chi connectivity index (χ2v) is 6.82. The minimum absolute atomic E-state index is 0.145. The molecule has 1 heterocycles. The summed E-state index contributed by atoms with van der Waals surface area (Å²) in [7, 11) is 1.42. The Morgan fingerprint density at radius 2 is 1.84 bits per heavy atom. The number of hydrogen-bond acceptors (Lipinski definition) is 4. The molecular formula is C23H15F3N4O2. The van der Waals surface area contributed by atoms with Crippen LogP contribution in [-0.2, 0) is 6.18 Å². The van der Waals surface area contributed by atoms with E-state index in [-0.39, 0.29) is 16.7 Å². The normalized spacial score (nSPS) is 11.2. The van der Waals surface area contributed by atoms with Crippen molar-refractivity contribution in [3.8, 4) is 17.5 Å². The molecule has 0 radical (unpaired) electrons. The van der Waals surface area contributed by atoms with Gasteiger partial charge in [-0.2, -0.15) is 18.4 Å². The van der Waals surface area contributed by atoms with Crippen LogP contribution in [0.4, 0.5) is 18.9 Å². The van der Waals surface area contributed by atoms with Crippen LogP contribution in [-0.4, -0.2) is 22.6 Å². The highest BCUT2D eigenvalue weighted by Gasteiger charge is 2.38. The van der Waals surface area contributed by atoms with Gasteiger partial charge in [-0.25, -0.2) is 4.98 Å². The summed E-state index contributed by atoms with van der Waals surface area (Å²) in [5.41, 5.74) is 1.67. The number of rotatable bonds is 4. The van der Waals surface area contributed by atoms with Crippen LogP contribution >= 0.6 is 0 Å². The number of fused-ring (bicyclic) bond motifs is 1. The molecule has 0 unspecified atom stereocenters. The van der Waals surface area contributed by atoms with Crippen LogP contribution in [0.5, 0.6) is 5.75 Å². The standard InChI is InChI=1S/C23H15F3N4O2/c1-32-18-9-10-20-19(12-18)29-22(23(24,25)26)30(20)17-7-5-16(6-8-17)28-21(31)15-4-2-3-14(11-15)13-27/h2-12H,1H3,(H,28,31). The highest BCUT2D eigenvalue weighted by molar-refractivity contribution is 6.04. The maximum Gasteiger partial charge on any atom is 0.450 e. The zero-order chi connectivity index (χ0) is 22.9. The Balaban J connectivity index is 1.68. The number of nitrogens with one attached hydrogen (secondary N) is 1. The van der Waals surface area contributed by atoms with Gasteiger partial charge in [0.2, 0.25) is 5.82 Å². The first-order valence-electron chi connectivity index (χ1n) is 9.36. The van der Waals surface area contributed by atoms with Gasteiger partial charge in [-0.1, -0.05) is 6.07 Å². The Morgan fingerprint density at radius 3 is 2.50 bits per heavy atom. The van der Waals surface area contributed by atoms with Gasteiger partial charge in [0.1, 0.15) is 5.75 Å². The second kappa shape index (κ2) is 8.07. The number of amides is 1. The molecule has 4 rings (SSSR count). The second-order valence-electron chi connectivity index (χ2n) is 6.82. The largest absolute Gasteiger partial charge is 0.497 e. The highest BCUT2D eigenvalue weighted by Crippen LogP contribution is 2.35. The average molecular weight is 436 g/mol. The topological polar surface area (TPSA) is 79.9 Å². The summed E-state index contributed by atoms with van der Waals surface area (Å²) < 4.78 is 47.1. The van der Waals surface area contributed by atoms with E-state index in [0.717, 1.165) is 4.57 Å². The molecule has 4 aromatic rings. The summed E-state index contributed by atoms with van der Waals surface area (Å²) >= 11 is 0. The number of nitrogens with zero attached hydrogens (tertiary/aromatic N) is 3. The monoisotopic (exact) mass is 436 g/mol. The zero-order valence-corrected chi connectivity index (χ0v) is 16.6. The number of halogens is 3. The third-order valence-corrected chi connectivity index (χ3v) is 4.75. The summed E-state index contributed by atoms with van der Waals surface area (Å²) in [5, 5.41) is 11.6. The van der Waals surface area contributed by atoms with Crippen LogP contribution < -0.4 is 10.1 Å². The van der Waals surface area contributed by atoms with Gasteiger partial charge in [0.25, 0.3) is 5.91 Å². The van der Waals surface area contributed by atoms with E-state index in [9.17, 15) is 18.0 Å². The van der Waals surface area contributed by atoms with Crippen LogP contribution in [0.25, 0.3) is 16.7 Å². The van der Waals surface area contributed by atoms with Gasteiger partial charge >= 0.3 is 6.18 Å². The third kappa shape index (κ3) is 3.98. The first kappa shape index (κ1) is 20.9. The number of alkyl halides is 3. The van der Waals surface area contributed by atoms with Crippen molar-refractivity contribution in [2.24, 2.45) is 0 Å². The summed E-state index contributed by atoms with van der Waals surface area (Å²) in [6.07, 6.45) is -4.68. The number of aromatic nitrogens is 2. The molecule has 1 amide bonds. The SMILES string of the molecule is COc1ccc2c(c1)nc(C(F)(F)F)n2-c1ccc(NC(=O)c2cccc(C#N)c2)cc1. The number of hydrogen-bond donors (Lipinski definition) is 1. The molecule has 1 N–H and O–H groups in total. The molecule has 0 atom stereocenters. The molecule has 9 heteroatoms. The molecule has 0 fully saturated rings. The van der Waals surface area contributed by atoms with Gasteiger partial charge in [-0.3, -0.25) is 9.36 Å². The first-order chi connectivity index (χ1) is 15.3. The van der Waals surface area contributed by atoms with Crippen molar-refractivity contribution < 1.29 is 22.7 Å². The molecule has 0 aliphatic heterocycles. The molecule has 1 aromatic heterocycles. The molecule has 6 nitrogen and oxygen atoms in total. The minimum Gasteiger partial charge on any atom is -0.497 e. The van der Waals surface area contributed by atoms with E-state index in [0.29, 0.717) is 22.6 Å². The minimum atomic E-state index is -4.68.